The van der Waals surface area contributed by atoms with Crippen molar-refractivity contribution in [3.05, 3.63) is 27.2 Å². The maximum atomic E-state index is 13.5. The molecule has 0 aliphatic carbocycles. The summed E-state index contributed by atoms with van der Waals surface area (Å²) in [6.45, 7) is 0. The quantitative estimate of drug-likeness (QED) is 0.805. The number of nitrogens with zero attached hydrogens (tertiary/aromatic N) is 1. The number of hydrogen-bond donors (Lipinski definition) is 1. The maximum Gasteiger partial charge on any atom is 0.280 e. The van der Waals surface area contributed by atoms with E-state index in [0.29, 0.717) is 3.57 Å². The van der Waals surface area contributed by atoms with Crippen LogP contribution >= 0.6 is 22.6 Å². The normalized spacial score (nSPS) is 11.5. The Balaban J connectivity index is 2.82. The summed E-state index contributed by atoms with van der Waals surface area (Å²) in [4.78, 5) is 0. The smallest absolute Gasteiger partial charge is 0.275 e. The number of alkyl halides is 2. The Hall–Kier alpha value is -0.790. The molecule has 74 valence electrons. The molecule has 1 aromatic heterocycles. The van der Waals surface area contributed by atoms with Gasteiger partial charge in [-0.05, 0) is 34.7 Å². The molecule has 0 bridgehead atoms. The van der Waals surface area contributed by atoms with Crippen LogP contribution in [0.3, 0.4) is 0 Å². The zero-order valence-electron chi connectivity index (χ0n) is 6.69. The van der Waals surface area contributed by atoms with Crippen LogP contribution in [0.4, 0.5) is 13.2 Å². The number of fused-ring (bicyclic) bond motifs is 1. The Morgan fingerprint density at radius 3 is 2.71 bits per heavy atom. The number of rotatable bonds is 1. The molecule has 0 spiro atoms. The van der Waals surface area contributed by atoms with Crippen LogP contribution in [0.15, 0.2) is 12.1 Å². The summed E-state index contributed by atoms with van der Waals surface area (Å²) < 4.78 is 38.6. The van der Waals surface area contributed by atoms with E-state index in [9.17, 15) is 13.2 Å². The van der Waals surface area contributed by atoms with Crippen LogP contribution < -0.4 is 0 Å². The van der Waals surface area contributed by atoms with Gasteiger partial charge >= 0.3 is 0 Å². The van der Waals surface area contributed by atoms with Crippen LogP contribution in [0.25, 0.3) is 10.9 Å². The fourth-order valence-corrected chi connectivity index (χ4v) is 1.67. The molecule has 14 heavy (non-hydrogen) atoms. The van der Waals surface area contributed by atoms with Gasteiger partial charge in [0.05, 0.1) is 10.9 Å². The summed E-state index contributed by atoms with van der Waals surface area (Å²) in [5, 5.41) is 5.61. The van der Waals surface area contributed by atoms with Gasteiger partial charge in [-0.2, -0.15) is 5.10 Å². The second-order valence-corrected chi connectivity index (χ2v) is 3.86. The number of halogens is 4. The Kier molecular flexibility index (Phi) is 2.38. The van der Waals surface area contributed by atoms with Gasteiger partial charge < -0.3 is 0 Å². The first-order valence-corrected chi connectivity index (χ1v) is 4.79. The van der Waals surface area contributed by atoms with Crippen molar-refractivity contribution < 1.29 is 13.2 Å². The van der Waals surface area contributed by atoms with E-state index in [0.717, 1.165) is 0 Å². The van der Waals surface area contributed by atoms with Crippen molar-refractivity contribution >= 4 is 33.5 Å². The van der Waals surface area contributed by atoms with Gasteiger partial charge in [0.2, 0.25) is 0 Å². The highest BCUT2D eigenvalue weighted by atomic mass is 127. The van der Waals surface area contributed by atoms with Gasteiger partial charge in [-0.25, -0.2) is 13.2 Å². The van der Waals surface area contributed by atoms with Gasteiger partial charge in [0.25, 0.3) is 6.43 Å². The van der Waals surface area contributed by atoms with Gasteiger partial charge in [-0.1, -0.05) is 0 Å². The lowest BCUT2D eigenvalue weighted by molar-refractivity contribution is 0.147. The predicted molar refractivity (Wildman–Crippen MR) is 53.7 cm³/mol. The van der Waals surface area contributed by atoms with Crippen LogP contribution in [-0.4, -0.2) is 10.2 Å². The number of hydrogen-bond acceptors (Lipinski definition) is 1. The third-order valence-corrected chi connectivity index (χ3v) is 2.69. The van der Waals surface area contributed by atoms with Crippen molar-refractivity contribution in [3.63, 3.8) is 0 Å². The van der Waals surface area contributed by atoms with Gasteiger partial charge in [0.1, 0.15) is 11.5 Å². The van der Waals surface area contributed by atoms with Gasteiger partial charge in [-0.3, -0.25) is 5.10 Å². The number of aromatic amines is 1. The molecular weight excluding hydrogens is 308 g/mol. The van der Waals surface area contributed by atoms with Gasteiger partial charge in [0.15, 0.2) is 0 Å². The second kappa shape index (κ2) is 3.41. The Morgan fingerprint density at radius 1 is 1.36 bits per heavy atom. The molecule has 0 aliphatic heterocycles. The van der Waals surface area contributed by atoms with Crippen LogP contribution in [0.5, 0.6) is 0 Å². The molecule has 0 fully saturated rings. The zero-order valence-corrected chi connectivity index (χ0v) is 8.85. The Morgan fingerprint density at radius 2 is 2.07 bits per heavy atom. The van der Waals surface area contributed by atoms with E-state index >= 15 is 0 Å². The number of aromatic nitrogens is 2. The van der Waals surface area contributed by atoms with Crippen molar-refractivity contribution in [2.45, 2.75) is 6.43 Å². The van der Waals surface area contributed by atoms with E-state index in [4.69, 9.17) is 0 Å². The molecule has 2 nitrogen and oxygen atoms in total. The summed E-state index contributed by atoms with van der Waals surface area (Å²) in [5.74, 6) is -0.646. The average molecular weight is 312 g/mol. The summed E-state index contributed by atoms with van der Waals surface area (Å²) in [7, 11) is 0. The Bertz CT molecular complexity index is 481. The van der Waals surface area contributed by atoms with E-state index in [1.165, 1.54) is 12.1 Å². The topological polar surface area (TPSA) is 28.7 Å². The summed E-state index contributed by atoms with van der Waals surface area (Å²) in [6.07, 6.45) is -2.74. The van der Waals surface area contributed by atoms with Gasteiger partial charge in [0, 0.05) is 3.57 Å². The minimum Gasteiger partial charge on any atom is -0.275 e. The largest absolute Gasteiger partial charge is 0.280 e. The predicted octanol–water partition coefficient (Wildman–Crippen LogP) is 3.24. The molecule has 0 saturated heterocycles. The molecule has 0 unspecified atom stereocenters. The van der Waals surface area contributed by atoms with E-state index < -0.39 is 17.9 Å². The highest BCUT2D eigenvalue weighted by Crippen LogP contribution is 2.29. The molecule has 0 atom stereocenters. The fraction of sp³-hybridized carbons (Fsp3) is 0.125. The highest BCUT2D eigenvalue weighted by molar-refractivity contribution is 14.1. The Labute approximate surface area is 90.6 Å². The summed E-state index contributed by atoms with van der Waals surface area (Å²) in [6, 6.07) is 3.00. The molecular formula is C8H4F3IN2. The molecule has 1 heterocycles. The van der Waals surface area contributed by atoms with Crippen LogP contribution in [0.2, 0.25) is 0 Å². The van der Waals surface area contributed by atoms with Crippen molar-refractivity contribution in [3.8, 4) is 0 Å². The number of benzene rings is 1. The van der Waals surface area contributed by atoms with Crippen molar-refractivity contribution in [2.24, 2.45) is 0 Å². The van der Waals surface area contributed by atoms with Crippen LogP contribution in [0.1, 0.15) is 12.1 Å². The first kappa shape index (κ1) is 9.75. The standard InChI is InChI=1S/C8H4F3IN2/c9-6-3(12)1-2-4-5(6)7(8(10)11)14-13-4/h1-2,8H,(H,13,14). The molecule has 2 aromatic rings. The second-order valence-electron chi connectivity index (χ2n) is 2.69. The minimum atomic E-state index is -2.74. The molecule has 0 saturated carbocycles. The molecule has 1 aromatic carbocycles. The maximum absolute atomic E-state index is 13.5. The minimum absolute atomic E-state index is 0.119. The summed E-state index contributed by atoms with van der Waals surface area (Å²) in [5.41, 5.74) is -0.241. The molecule has 0 amide bonds. The van der Waals surface area contributed by atoms with E-state index in [1.54, 1.807) is 22.6 Å². The number of nitrogens with one attached hydrogen (secondary N) is 1. The molecule has 0 aliphatic rings. The van der Waals surface area contributed by atoms with Crippen LogP contribution in [-0.2, 0) is 0 Å². The SMILES string of the molecule is Fc1c(I)ccc2n[nH]c(C(F)F)c12. The third-order valence-electron chi connectivity index (χ3n) is 1.86. The summed E-state index contributed by atoms with van der Waals surface area (Å²) >= 11 is 1.75. The van der Waals surface area contributed by atoms with Crippen LogP contribution in [0, 0.1) is 9.39 Å². The monoisotopic (exact) mass is 312 g/mol. The lowest BCUT2D eigenvalue weighted by Gasteiger charge is -1.98. The van der Waals surface area contributed by atoms with E-state index in [1.807, 2.05) is 0 Å². The van der Waals surface area contributed by atoms with Crippen molar-refractivity contribution in [1.29, 1.82) is 0 Å². The molecule has 6 heteroatoms. The lowest BCUT2D eigenvalue weighted by Crippen LogP contribution is -1.89. The van der Waals surface area contributed by atoms with Gasteiger partial charge in [-0.15, -0.1) is 0 Å². The van der Waals surface area contributed by atoms with E-state index in [2.05, 4.69) is 10.2 Å². The first-order valence-electron chi connectivity index (χ1n) is 3.71. The fourth-order valence-electron chi connectivity index (χ4n) is 1.22. The lowest BCUT2D eigenvalue weighted by atomic mass is 10.2. The van der Waals surface area contributed by atoms with Crippen molar-refractivity contribution in [2.75, 3.05) is 0 Å². The molecule has 0 radical (unpaired) electrons. The molecule has 1 N–H and O–H groups in total. The zero-order chi connectivity index (χ0) is 10.3. The number of H-pyrrole nitrogens is 1. The van der Waals surface area contributed by atoms with Crippen molar-refractivity contribution in [1.82, 2.24) is 10.2 Å². The molecule has 2 rings (SSSR count). The van der Waals surface area contributed by atoms with E-state index in [-0.39, 0.29) is 10.9 Å². The third kappa shape index (κ3) is 1.37. The highest BCUT2D eigenvalue weighted by Gasteiger charge is 2.19. The average Bonchev–Trinajstić information content (AvgIpc) is 2.55. The first-order chi connectivity index (χ1) is 6.61.